The average Bonchev–Trinajstić information content (AvgIpc) is 2.26. The summed E-state index contributed by atoms with van der Waals surface area (Å²) in [6.07, 6.45) is 3.11. The molecule has 0 unspecified atom stereocenters. The van der Waals surface area contributed by atoms with Gasteiger partial charge in [-0.15, -0.1) is 0 Å². The minimum atomic E-state index is 0.00810. The Kier molecular flexibility index (Phi) is 3.17. The minimum absolute atomic E-state index is 0.00810. The highest BCUT2D eigenvalue weighted by Gasteiger charge is 2.52. The van der Waals surface area contributed by atoms with Gasteiger partial charge in [-0.05, 0) is 30.1 Å². The number of fused-ring (bicyclic) bond motifs is 1. The van der Waals surface area contributed by atoms with Crippen molar-refractivity contribution in [2.24, 2.45) is 29.1 Å². The van der Waals surface area contributed by atoms with Crippen LogP contribution in [0.4, 0.5) is 0 Å². The zero-order valence-corrected chi connectivity index (χ0v) is 11.5. The standard InChI is InChI=1S/C15H24O2/c1-9(2)11-8-15(4)10(3)5-6-13(16)12(15)7-14(11)17/h9-12H,5-8H2,1-4H3/t10-,11+,12-,15+/m0/s1. The van der Waals surface area contributed by atoms with Crippen LogP contribution < -0.4 is 0 Å². The lowest BCUT2D eigenvalue weighted by molar-refractivity contribution is -0.148. The van der Waals surface area contributed by atoms with Crippen molar-refractivity contribution < 1.29 is 9.59 Å². The highest BCUT2D eigenvalue weighted by atomic mass is 16.1. The second-order valence-corrected chi connectivity index (χ2v) is 6.69. The first-order chi connectivity index (χ1) is 7.86. The summed E-state index contributed by atoms with van der Waals surface area (Å²) < 4.78 is 0. The fourth-order valence-corrected chi connectivity index (χ4v) is 3.81. The van der Waals surface area contributed by atoms with E-state index in [-0.39, 0.29) is 17.3 Å². The van der Waals surface area contributed by atoms with Crippen LogP contribution in [-0.4, -0.2) is 11.6 Å². The van der Waals surface area contributed by atoms with Gasteiger partial charge in [0.05, 0.1) is 0 Å². The average molecular weight is 236 g/mol. The van der Waals surface area contributed by atoms with Crippen LogP contribution in [0.5, 0.6) is 0 Å². The molecule has 2 aliphatic carbocycles. The first kappa shape index (κ1) is 12.8. The molecule has 2 saturated carbocycles. The Hall–Kier alpha value is -0.660. The topological polar surface area (TPSA) is 34.1 Å². The van der Waals surface area contributed by atoms with Crippen molar-refractivity contribution >= 4 is 11.6 Å². The monoisotopic (exact) mass is 236 g/mol. The molecule has 0 bridgehead atoms. The Morgan fingerprint density at radius 1 is 1.24 bits per heavy atom. The van der Waals surface area contributed by atoms with Crippen LogP contribution in [0.2, 0.25) is 0 Å². The Balaban J connectivity index is 2.30. The summed E-state index contributed by atoms with van der Waals surface area (Å²) in [5.41, 5.74) is 0.0676. The van der Waals surface area contributed by atoms with Crippen molar-refractivity contribution in [1.82, 2.24) is 0 Å². The van der Waals surface area contributed by atoms with Gasteiger partial charge in [-0.2, -0.15) is 0 Å². The van der Waals surface area contributed by atoms with Gasteiger partial charge in [0.2, 0.25) is 0 Å². The summed E-state index contributed by atoms with van der Waals surface area (Å²) in [5, 5.41) is 0. The smallest absolute Gasteiger partial charge is 0.136 e. The van der Waals surface area contributed by atoms with Crippen LogP contribution in [0.3, 0.4) is 0 Å². The van der Waals surface area contributed by atoms with Crippen LogP contribution >= 0.6 is 0 Å². The third-order valence-electron chi connectivity index (χ3n) is 5.42. The fourth-order valence-electron chi connectivity index (χ4n) is 3.81. The van der Waals surface area contributed by atoms with Crippen LogP contribution in [0.1, 0.15) is 53.4 Å². The summed E-state index contributed by atoms with van der Waals surface area (Å²) >= 11 is 0. The predicted octanol–water partition coefficient (Wildman–Crippen LogP) is 3.24. The zero-order chi connectivity index (χ0) is 12.8. The number of hydrogen-bond donors (Lipinski definition) is 0. The van der Waals surface area contributed by atoms with Crippen molar-refractivity contribution in [3.8, 4) is 0 Å². The Morgan fingerprint density at radius 2 is 1.88 bits per heavy atom. The van der Waals surface area contributed by atoms with Gasteiger partial charge in [-0.3, -0.25) is 9.59 Å². The summed E-state index contributed by atoms with van der Waals surface area (Å²) in [5.74, 6) is 1.81. The first-order valence-electron chi connectivity index (χ1n) is 6.91. The number of ketones is 2. The summed E-state index contributed by atoms with van der Waals surface area (Å²) in [4.78, 5) is 24.2. The Morgan fingerprint density at radius 3 is 2.47 bits per heavy atom. The van der Waals surface area contributed by atoms with Gasteiger partial charge in [-0.25, -0.2) is 0 Å². The molecule has 0 amide bonds. The third-order valence-corrected chi connectivity index (χ3v) is 5.42. The molecule has 0 saturated heterocycles. The van der Waals surface area contributed by atoms with E-state index >= 15 is 0 Å². The molecule has 0 N–H and O–H groups in total. The van der Waals surface area contributed by atoms with Crippen LogP contribution in [0.25, 0.3) is 0 Å². The van der Waals surface area contributed by atoms with Gasteiger partial charge in [0.15, 0.2) is 0 Å². The molecule has 0 spiro atoms. The number of hydrogen-bond acceptors (Lipinski definition) is 2. The molecule has 4 atom stereocenters. The normalized spacial score (nSPS) is 42.8. The lowest BCUT2D eigenvalue weighted by atomic mass is 9.52. The largest absolute Gasteiger partial charge is 0.299 e. The van der Waals surface area contributed by atoms with Gasteiger partial charge < -0.3 is 0 Å². The molecular weight excluding hydrogens is 212 g/mol. The van der Waals surface area contributed by atoms with E-state index in [0.717, 1.165) is 12.8 Å². The molecule has 0 heterocycles. The first-order valence-corrected chi connectivity index (χ1v) is 6.91. The highest BCUT2D eigenvalue weighted by Crippen LogP contribution is 2.53. The van der Waals surface area contributed by atoms with E-state index in [1.54, 1.807) is 0 Å². The van der Waals surface area contributed by atoms with E-state index in [0.29, 0.717) is 36.2 Å². The number of rotatable bonds is 1. The lowest BCUT2D eigenvalue weighted by Gasteiger charge is -2.50. The molecule has 0 aromatic rings. The molecular formula is C15H24O2. The van der Waals surface area contributed by atoms with Crippen molar-refractivity contribution in [1.29, 1.82) is 0 Å². The summed E-state index contributed by atoms with van der Waals surface area (Å²) in [6, 6.07) is 0. The van der Waals surface area contributed by atoms with E-state index in [1.807, 2.05) is 0 Å². The summed E-state index contributed by atoms with van der Waals surface area (Å²) in [6.45, 7) is 8.75. The Labute approximate surface area is 104 Å². The predicted molar refractivity (Wildman–Crippen MR) is 67.6 cm³/mol. The molecule has 0 radical (unpaired) electrons. The molecule has 2 heteroatoms. The van der Waals surface area contributed by atoms with E-state index in [2.05, 4.69) is 27.7 Å². The fraction of sp³-hybridized carbons (Fsp3) is 0.867. The van der Waals surface area contributed by atoms with Crippen molar-refractivity contribution in [2.75, 3.05) is 0 Å². The maximum Gasteiger partial charge on any atom is 0.136 e. The van der Waals surface area contributed by atoms with Gasteiger partial charge in [-0.1, -0.05) is 27.7 Å². The van der Waals surface area contributed by atoms with E-state index in [4.69, 9.17) is 0 Å². The maximum absolute atomic E-state index is 12.1. The van der Waals surface area contributed by atoms with E-state index < -0.39 is 0 Å². The highest BCUT2D eigenvalue weighted by molar-refractivity contribution is 5.91. The van der Waals surface area contributed by atoms with Gasteiger partial charge in [0.25, 0.3) is 0 Å². The molecule has 0 aromatic heterocycles. The van der Waals surface area contributed by atoms with Gasteiger partial charge in [0, 0.05) is 24.7 Å². The minimum Gasteiger partial charge on any atom is -0.299 e. The molecule has 0 aromatic carbocycles. The SMILES string of the molecule is CC(C)[C@H]1C[C@]2(C)[C@@H](C)CCC(=O)[C@@H]2CC1=O. The van der Waals surface area contributed by atoms with Crippen molar-refractivity contribution in [2.45, 2.75) is 53.4 Å². The molecule has 96 valence electrons. The van der Waals surface area contributed by atoms with Crippen LogP contribution in [0, 0.1) is 29.1 Å². The molecule has 2 aliphatic rings. The Bertz CT molecular complexity index is 345. The summed E-state index contributed by atoms with van der Waals surface area (Å²) in [7, 11) is 0. The molecule has 2 fully saturated rings. The lowest BCUT2D eigenvalue weighted by Crippen LogP contribution is -2.50. The van der Waals surface area contributed by atoms with E-state index in [1.165, 1.54) is 0 Å². The molecule has 0 aliphatic heterocycles. The quantitative estimate of drug-likeness (QED) is 0.700. The number of carbonyl (C=O) groups is 2. The van der Waals surface area contributed by atoms with Gasteiger partial charge in [0.1, 0.15) is 11.6 Å². The van der Waals surface area contributed by atoms with E-state index in [9.17, 15) is 9.59 Å². The van der Waals surface area contributed by atoms with Crippen molar-refractivity contribution in [3.05, 3.63) is 0 Å². The number of carbonyl (C=O) groups excluding carboxylic acids is 2. The molecule has 2 nitrogen and oxygen atoms in total. The molecule has 2 rings (SSSR count). The maximum atomic E-state index is 12.1. The molecule has 17 heavy (non-hydrogen) atoms. The van der Waals surface area contributed by atoms with Crippen LogP contribution in [-0.2, 0) is 9.59 Å². The van der Waals surface area contributed by atoms with Crippen molar-refractivity contribution in [3.63, 3.8) is 0 Å². The zero-order valence-electron chi connectivity index (χ0n) is 11.5. The third kappa shape index (κ3) is 1.96. The number of Topliss-reactive ketones (excluding diaryl/α,β-unsaturated/α-hetero) is 2. The second-order valence-electron chi connectivity index (χ2n) is 6.69. The van der Waals surface area contributed by atoms with Gasteiger partial charge >= 0.3 is 0 Å². The van der Waals surface area contributed by atoms with Crippen LogP contribution in [0.15, 0.2) is 0 Å². The second kappa shape index (κ2) is 4.22.